The van der Waals surface area contributed by atoms with Crippen molar-refractivity contribution < 1.29 is 4.79 Å². The third kappa shape index (κ3) is 2.72. The van der Waals surface area contributed by atoms with Crippen LogP contribution in [0.3, 0.4) is 0 Å². The van der Waals surface area contributed by atoms with Crippen molar-refractivity contribution in [3.8, 4) is 0 Å². The number of anilines is 1. The Balaban J connectivity index is 1.67. The van der Waals surface area contributed by atoms with E-state index < -0.39 is 0 Å². The summed E-state index contributed by atoms with van der Waals surface area (Å²) in [7, 11) is 0. The number of carbonyl (C=O) groups is 1. The van der Waals surface area contributed by atoms with Crippen LogP contribution in [0.1, 0.15) is 31.2 Å². The van der Waals surface area contributed by atoms with Crippen LogP contribution in [0, 0.1) is 5.92 Å². The Morgan fingerprint density at radius 1 is 1.28 bits per heavy atom. The lowest BCUT2D eigenvalue weighted by atomic mass is 9.84. The lowest BCUT2D eigenvalue weighted by molar-refractivity contribution is -0.120. The minimum absolute atomic E-state index is 0.455. The topological polar surface area (TPSA) is 29.1 Å². The molecule has 1 aliphatic heterocycles. The number of benzene rings is 1. The summed E-state index contributed by atoms with van der Waals surface area (Å²) >= 11 is 1.95. The fourth-order valence-corrected chi connectivity index (χ4v) is 3.80. The van der Waals surface area contributed by atoms with E-state index in [1.54, 1.807) is 0 Å². The SMILES string of the molecule is O=C1CCC(Cc2ccc3c(c2)SCCN3)CC1. The molecule has 1 fully saturated rings. The first-order valence-electron chi connectivity index (χ1n) is 6.82. The molecule has 0 radical (unpaired) electrons. The maximum absolute atomic E-state index is 11.2. The minimum atomic E-state index is 0.455. The number of Topliss-reactive ketones (excluding diaryl/α,β-unsaturated/α-hetero) is 1. The summed E-state index contributed by atoms with van der Waals surface area (Å²) in [4.78, 5) is 12.6. The van der Waals surface area contributed by atoms with E-state index >= 15 is 0 Å². The molecular weight excluding hydrogens is 242 g/mol. The van der Waals surface area contributed by atoms with E-state index in [-0.39, 0.29) is 0 Å². The maximum atomic E-state index is 11.2. The normalized spacial score (nSPS) is 20.3. The van der Waals surface area contributed by atoms with Gasteiger partial charge >= 0.3 is 0 Å². The summed E-state index contributed by atoms with van der Waals surface area (Å²) in [5.41, 5.74) is 2.72. The molecule has 0 amide bonds. The van der Waals surface area contributed by atoms with Crippen LogP contribution < -0.4 is 5.32 Å². The Labute approximate surface area is 113 Å². The van der Waals surface area contributed by atoms with Crippen LogP contribution in [-0.4, -0.2) is 18.1 Å². The van der Waals surface area contributed by atoms with E-state index in [4.69, 9.17) is 0 Å². The van der Waals surface area contributed by atoms with Gasteiger partial charge in [-0.05, 0) is 42.9 Å². The molecule has 1 saturated carbocycles. The first-order chi connectivity index (χ1) is 8.81. The number of thioether (sulfide) groups is 1. The zero-order valence-electron chi connectivity index (χ0n) is 10.6. The van der Waals surface area contributed by atoms with Crippen LogP contribution in [0.15, 0.2) is 23.1 Å². The Bertz CT molecular complexity index is 448. The number of ketones is 1. The highest BCUT2D eigenvalue weighted by atomic mass is 32.2. The van der Waals surface area contributed by atoms with Gasteiger partial charge in [-0.25, -0.2) is 0 Å². The van der Waals surface area contributed by atoms with Crippen LogP contribution >= 0.6 is 11.8 Å². The third-order valence-corrected chi connectivity index (χ3v) is 4.97. The van der Waals surface area contributed by atoms with Gasteiger partial charge in [-0.15, -0.1) is 11.8 Å². The first kappa shape index (κ1) is 12.1. The van der Waals surface area contributed by atoms with Crippen molar-refractivity contribution in [3.63, 3.8) is 0 Å². The number of rotatable bonds is 2. The Kier molecular flexibility index (Phi) is 3.59. The predicted octanol–water partition coefficient (Wildman–Crippen LogP) is 3.51. The van der Waals surface area contributed by atoms with Gasteiger partial charge in [-0.3, -0.25) is 4.79 Å². The van der Waals surface area contributed by atoms with Gasteiger partial charge < -0.3 is 5.32 Å². The molecule has 0 saturated heterocycles. The predicted molar refractivity (Wildman–Crippen MR) is 76.3 cm³/mol. The van der Waals surface area contributed by atoms with Crippen molar-refractivity contribution in [2.45, 2.75) is 37.0 Å². The summed E-state index contributed by atoms with van der Waals surface area (Å²) in [6, 6.07) is 6.79. The van der Waals surface area contributed by atoms with E-state index in [9.17, 15) is 4.79 Å². The van der Waals surface area contributed by atoms with Crippen molar-refractivity contribution in [1.29, 1.82) is 0 Å². The second kappa shape index (κ2) is 5.35. The van der Waals surface area contributed by atoms with Crippen molar-refractivity contribution in [3.05, 3.63) is 23.8 Å². The summed E-state index contributed by atoms with van der Waals surface area (Å²) in [5, 5.41) is 3.43. The van der Waals surface area contributed by atoms with Crippen molar-refractivity contribution >= 4 is 23.2 Å². The molecular formula is C15H19NOS. The molecule has 1 N–H and O–H groups in total. The fourth-order valence-electron chi connectivity index (χ4n) is 2.84. The second-order valence-corrected chi connectivity index (χ2v) is 6.43. The molecule has 2 nitrogen and oxygen atoms in total. The van der Waals surface area contributed by atoms with Crippen LogP contribution in [0.4, 0.5) is 5.69 Å². The van der Waals surface area contributed by atoms with E-state index in [1.807, 2.05) is 11.8 Å². The van der Waals surface area contributed by atoms with Crippen molar-refractivity contribution in [2.75, 3.05) is 17.6 Å². The minimum Gasteiger partial charge on any atom is -0.383 e. The van der Waals surface area contributed by atoms with Crippen molar-refractivity contribution in [2.24, 2.45) is 5.92 Å². The Morgan fingerprint density at radius 2 is 2.11 bits per heavy atom. The molecule has 2 aliphatic rings. The highest BCUT2D eigenvalue weighted by Gasteiger charge is 2.19. The lowest BCUT2D eigenvalue weighted by Crippen LogP contribution is -2.16. The summed E-state index contributed by atoms with van der Waals surface area (Å²) in [6.45, 7) is 1.07. The molecule has 3 heteroatoms. The monoisotopic (exact) mass is 261 g/mol. The number of fused-ring (bicyclic) bond motifs is 1. The molecule has 96 valence electrons. The van der Waals surface area contributed by atoms with Gasteiger partial charge in [0.25, 0.3) is 0 Å². The number of carbonyl (C=O) groups excluding carboxylic acids is 1. The van der Waals surface area contributed by atoms with E-state index in [0.717, 1.165) is 44.4 Å². The van der Waals surface area contributed by atoms with Gasteiger partial charge in [-0.1, -0.05) is 6.07 Å². The number of hydrogen-bond acceptors (Lipinski definition) is 3. The number of nitrogens with one attached hydrogen (secondary N) is 1. The van der Waals surface area contributed by atoms with Crippen LogP contribution in [-0.2, 0) is 11.2 Å². The molecule has 1 aromatic rings. The molecule has 1 aliphatic carbocycles. The van der Waals surface area contributed by atoms with Crippen LogP contribution in [0.5, 0.6) is 0 Å². The molecule has 1 heterocycles. The highest BCUT2D eigenvalue weighted by molar-refractivity contribution is 7.99. The van der Waals surface area contributed by atoms with E-state index in [1.165, 1.54) is 16.1 Å². The van der Waals surface area contributed by atoms with Crippen LogP contribution in [0.25, 0.3) is 0 Å². The smallest absolute Gasteiger partial charge is 0.132 e. The van der Waals surface area contributed by atoms with Gasteiger partial charge in [0.15, 0.2) is 0 Å². The second-order valence-electron chi connectivity index (χ2n) is 5.29. The van der Waals surface area contributed by atoms with E-state index in [0.29, 0.717) is 11.7 Å². The van der Waals surface area contributed by atoms with Gasteiger partial charge in [-0.2, -0.15) is 0 Å². The first-order valence-corrected chi connectivity index (χ1v) is 7.81. The zero-order valence-corrected chi connectivity index (χ0v) is 11.4. The molecule has 0 spiro atoms. The summed E-state index contributed by atoms with van der Waals surface area (Å²) < 4.78 is 0. The quantitative estimate of drug-likeness (QED) is 0.883. The standard InChI is InChI=1S/C15H19NOS/c17-13-4-1-11(2-5-13)9-12-3-6-14-15(10-12)18-8-7-16-14/h3,6,10-11,16H,1-2,4-5,7-9H2. The Morgan fingerprint density at radius 3 is 2.94 bits per heavy atom. The summed E-state index contributed by atoms with van der Waals surface area (Å²) in [5.74, 6) is 2.33. The maximum Gasteiger partial charge on any atom is 0.132 e. The molecule has 1 aromatic carbocycles. The average molecular weight is 261 g/mol. The van der Waals surface area contributed by atoms with E-state index in [2.05, 4.69) is 23.5 Å². The molecule has 0 bridgehead atoms. The van der Waals surface area contributed by atoms with Gasteiger partial charge in [0.2, 0.25) is 0 Å². The molecule has 18 heavy (non-hydrogen) atoms. The highest BCUT2D eigenvalue weighted by Crippen LogP contribution is 2.33. The largest absolute Gasteiger partial charge is 0.383 e. The van der Waals surface area contributed by atoms with Gasteiger partial charge in [0.05, 0.1) is 0 Å². The average Bonchev–Trinajstić information content (AvgIpc) is 2.41. The fraction of sp³-hybridized carbons (Fsp3) is 0.533. The van der Waals surface area contributed by atoms with Gasteiger partial charge in [0, 0.05) is 35.7 Å². The van der Waals surface area contributed by atoms with Crippen LogP contribution in [0.2, 0.25) is 0 Å². The lowest BCUT2D eigenvalue weighted by Gasteiger charge is -2.22. The third-order valence-electron chi connectivity index (χ3n) is 3.91. The zero-order chi connectivity index (χ0) is 12.4. The van der Waals surface area contributed by atoms with Gasteiger partial charge in [0.1, 0.15) is 5.78 Å². The molecule has 0 atom stereocenters. The van der Waals surface area contributed by atoms with Crippen molar-refractivity contribution in [1.82, 2.24) is 0 Å². The molecule has 0 aromatic heterocycles. The molecule has 0 unspecified atom stereocenters. The molecule has 3 rings (SSSR count). The number of hydrogen-bond donors (Lipinski definition) is 1. The summed E-state index contributed by atoms with van der Waals surface area (Å²) in [6.07, 6.45) is 4.90. The Hall–Kier alpha value is -0.960.